The van der Waals surface area contributed by atoms with Crippen LogP contribution in [0.1, 0.15) is 17.9 Å². The summed E-state index contributed by atoms with van der Waals surface area (Å²) in [5, 5.41) is 8.92. The van der Waals surface area contributed by atoms with Gasteiger partial charge in [-0.3, -0.25) is 0 Å². The zero-order valence-corrected chi connectivity index (χ0v) is 7.91. The van der Waals surface area contributed by atoms with E-state index in [2.05, 4.69) is 0 Å². The van der Waals surface area contributed by atoms with Gasteiger partial charge in [-0.25, -0.2) is 8.78 Å². The summed E-state index contributed by atoms with van der Waals surface area (Å²) in [6.07, 6.45) is 0.512. The van der Waals surface area contributed by atoms with Crippen LogP contribution in [0.3, 0.4) is 0 Å². The zero-order valence-electron chi connectivity index (χ0n) is 7.91. The van der Waals surface area contributed by atoms with Crippen molar-refractivity contribution in [3.05, 3.63) is 29.3 Å². The third kappa shape index (κ3) is 2.50. The van der Waals surface area contributed by atoms with E-state index < -0.39 is 23.3 Å². The Morgan fingerprint density at radius 2 is 1.93 bits per heavy atom. The average molecular weight is 215 g/mol. The van der Waals surface area contributed by atoms with E-state index in [1.54, 1.807) is 0 Å². The number of nitrogens with two attached hydrogens (primary N) is 1. The van der Waals surface area contributed by atoms with Crippen molar-refractivity contribution < 1.29 is 18.7 Å². The summed E-state index contributed by atoms with van der Waals surface area (Å²) in [6.45, 7) is -0.0304. The lowest BCUT2D eigenvalue weighted by molar-refractivity contribution is -0.108. The van der Waals surface area contributed by atoms with E-state index >= 15 is 0 Å². The third-order valence-corrected chi connectivity index (χ3v) is 2.14. The number of phenols is 1. The van der Waals surface area contributed by atoms with Gasteiger partial charge in [0.2, 0.25) is 0 Å². The lowest BCUT2D eigenvalue weighted by Gasteiger charge is -2.14. The van der Waals surface area contributed by atoms with Crippen LogP contribution in [0.5, 0.6) is 5.75 Å². The molecule has 0 aromatic heterocycles. The van der Waals surface area contributed by atoms with Gasteiger partial charge >= 0.3 is 0 Å². The van der Waals surface area contributed by atoms with Gasteiger partial charge in [-0.15, -0.1) is 0 Å². The molecule has 3 nitrogen and oxygen atoms in total. The molecule has 0 spiro atoms. The minimum absolute atomic E-state index is 0.0304. The molecule has 0 bridgehead atoms. The van der Waals surface area contributed by atoms with E-state index in [4.69, 9.17) is 10.8 Å². The molecule has 0 radical (unpaired) electrons. The first kappa shape index (κ1) is 11.6. The predicted molar refractivity (Wildman–Crippen MR) is 50.5 cm³/mol. The molecule has 82 valence electrons. The number of carbonyl (C=O) groups is 1. The van der Waals surface area contributed by atoms with Crippen molar-refractivity contribution in [1.29, 1.82) is 0 Å². The molecule has 0 heterocycles. The SMILES string of the molecule is NCC(CC=O)c1c(F)cc(O)cc1F. The molecular weight excluding hydrogens is 204 g/mol. The fraction of sp³-hybridized carbons (Fsp3) is 0.300. The molecule has 0 aliphatic carbocycles. The molecule has 0 fully saturated rings. The van der Waals surface area contributed by atoms with Crippen LogP contribution >= 0.6 is 0 Å². The first-order chi connectivity index (χ1) is 7.10. The number of aldehydes is 1. The van der Waals surface area contributed by atoms with Gasteiger partial charge in [0.05, 0.1) is 0 Å². The Morgan fingerprint density at radius 3 is 2.33 bits per heavy atom. The molecule has 0 saturated heterocycles. The molecule has 0 aliphatic heterocycles. The summed E-state index contributed by atoms with van der Waals surface area (Å²) in [5.74, 6) is -2.95. The maximum Gasteiger partial charge on any atom is 0.133 e. The first-order valence-corrected chi connectivity index (χ1v) is 4.41. The number of phenolic OH excluding ortho intramolecular Hbond substituents is 1. The van der Waals surface area contributed by atoms with Crippen LogP contribution in [-0.2, 0) is 4.79 Å². The number of carbonyl (C=O) groups excluding carboxylic acids is 1. The Bertz CT molecular complexity index is 345. The molecule has 1 atom stereocenters. The number of benzene rings is 1. The van der Waals surface area contributed by atoms with Gasteiger partial charge < -0.3 is 15.6 Å². The molecule has 15 heavy (non-hydrogen) atoms. The molecular formula is C10H11F2NO2. The second-order valence-electron chi connectivity index (χ2n) is 3.16. The summed E-state index contributed by atoms with van der Waals surface area (Å²) in [7, 11) is 0. The average Bonchev–Trinajstić information content (AvgIpc) is 2.14. The molecule has 0 amide bonds. The second kappa shape index (κ2) is 4.84. The fourth-order valence-electron chi connectivity index (χ4n) is 1.41. The monoisotopic (exact) mass is 215 g/mol. The van der Waals surface area contributed by atoms with E-state index in [-0.39, 0.29) is 18.5 Å². The van der Waals surface area contributed by atoms with Crippen molar-refractivity contribution in [2.24, 2.45) is 5.73 Å². The number of hydrogen-bond donors (Lipinski definition) is 2. The molecule has 1 unspecified atom stereocenters. The highest BCUT2D eigenvalue weighted by Crippen LogP contribution is 2.27. The smallest absolute Gasteiger partial charge is 0.133 e. The zero-order chi connectivity index (χ0) is 11.4. The van der Waals surface area contributed by atoms with Crippen LogP contribution in [0.2, 0.25) is 0 Å². The first-order valence-electron chi connectivity index (χ1n) is 4.41. The van der Waals surface area contributed by atoms with Crippen molar-refractivity contribution in [3.8, 4) is 5.75 Å². The highest BCUT2D eigenvalue weighted by Gasteiger charge is 2.19. The summed E-state index contributed by atoms with van der Waals surface area (Å²) in [5.41, 5.74) is 5.06. The fourth-order valence-corrected chi connectivity index (χ4v) is 1.41. The standard InChI is InChI=1S/C10H11F2NO2/c11-8-3-7(15)4-9(12)10(8)6(5-13)1-2-14/h2-4,6,15H,1,5,13H2. The van der Waals surface area contributed by atoms with Gasteiger partial charge in [0.1, 0.15) is 23.7 Å². The number of aromatic hydroxyl groups is 1. The van der Waals surface area contributed by atoms with Crippen LogP contribution in [0.25, 0.3) is 0 Å². The molecule has 3 N–H and O–H groups in total. The molecule has 1 aromatic carbocycles. The van der Waals surface area contributed by atoms with Gasteiger partial charge in [0, 0.05) is 30.0 Å². The summed E-state index contributed by atoms with van der Waals surface area (Å²) >= 11 is 0. The predicted octanol–water partition coefficient (Wildman–Crippen LogP) is 1.30. The molecule has 1 rings (SSSR count). The lowest BCUT2D eigenvalue weighted by Crippen LogP contribution is -2.16. The Balaban J connectivity index is 3.16. The van der Waals surface area contributed by atoms with E-state index in [0.29, 0.717) is 6.29 Å². The van der Waals surface area contributed by atoms with Crippen LogP contribution in [0, 0.1) is 11.6 Å². The Hall–Kier alpha value is -1.49. The van der Waals surface area contributed by atoms with Crippen molar-refractivity contribution in [3.63, 3.8) is 0 Å². The van der Waals surface area contributed by atoms with Gasteiger partial charge in [-0.05, 0) is 6.54 Å². The third-order valence-electron chi connectivity index (χ3n) is 2.14. The Morgan fingerprint density at radius 1 is 1.40 bits per heavy atom. The van der Waals surface area contributed by atoms with Crippen molar-refractivity contribution in [2.75, 3.05) is 6.54 Å². The van der Waals surface area contributed by atoms with Gasteiger partial charge in [-0.1, -0.05) is 0 Å². The Labute approximate surface area is 85.5 Å². The molecule has 0 saturated carbocycles. The number of rotatable bonds is 4. The van der Waals surface area contributed by atoms with Gasteiger partial charge in [0.25, 0.3) is 0 Å². The summed E-state index contributed by atoms with van der Waals surface area (Å²) < 4.78 is 26.6. The lowest BCUT2D eigenvalue weighted by atomic mass is 9.95. The summed E-state index contributed by atoms with van der Waals surface area (Å²) in [4.78, 5) is 10.3. The van der Waals surface area contributed by atoms with Crippen LogP contribution in [0.15, 0.2) is 12.1 Å². The minimum atomic E-state index is -0.884. The second-order valence-corrected chi connectivity index (χ2v) is 3.16. The van der Waals surface area contributed by atoms with Crippen LogP contribution in [-0.4, -0.2) is 17.9 Å². The minimum Gasteiger partial charge on any atom is -0.508 e. The van der Waals surface area contributed by atoms with Gasteiger partial charge in [0.15, 0.2) is 0 Å². The summed E-state index contributed by atoms with van der Waals surface area (Å²) in [6, 6.07) is 1.59. The van der Waals surface area contributed by atoms with E-state index in [1.807, 2.05) is 0 Å². The Kier molecular flexibility index (Phi) is 3.74. The van der Waals surface area contributed by atoms with E-state index in [1.165, 1.54) is 0 Å². The van der Waals surface area contributed by atoms with Crippen molar-refractivity contribution >= 4 is 6.29 Å². The molecule has 5 heteroatoms. The van der Waals surface area contributed by atoms with Crippen LogP contribution in [0.4, 0.5) is 8.78 Å². The quantitative estimate of drug-likeness (QED) is 0.744. The normalized spacial score (nSPS) is 12.5. The van der Waals surface area contributed by atoms with Crippen molar-refractivity contribution in [1.82, 2.24) is 0 Å². The maximum absolute atomic E-state index is 13.3. The highest BCUT2D eigenvalue weighted by atomic mass is 19.1. The largest absolute Gasteiger partial charge is 0.508 e. The van der Waals surface area contributed by atoms with E-state index in [9.17, 15) is 13.6 Å². The van der Waals surface area contributed by atoms with Crippen molar-refractivity contribution in [2.45, 2.75) is 12.3 Å². The maximum atomic E-state index is 13.3. The number of hydrogen-bond acceptors (Lipinski definition) is 3. The van der Waals surface area contributed by atoms with Gasteiger partial charge in [-0.2, -0.15) is 0 Å². The molecule has 0 aliphatic rings. The molecule has 1 aromatic rings. The topological polar surface area (TPSA) is 63.3 Å². The number of halogens is 2. The highest BCUT2D eigenvalue weighted by molar-refractivity contribution is 5.52. The van der Waals surface area contributed by atoms with Crippen LogP contribution < -0.4 is 5.73 Å². The van der Waals surface area contributed by atoms with E-state index in [0.717, 1.165) is 12.1 Å².